The van der Waals surface area contributed by atoms with Crippen molar-refractivity contribution in [2.75, 3.05) is 134 Å². The van der Waals surface area contributed by atoms with Gasteiger partial charge in [-0.25, -0.2) is 9.98 Å². The summed E-state index contributed by atoms with van der Waals surface area (Å²) in [6.45, 7) is 7.17. The molecule has 0 fully saturated rings. The molecule has 1 aromatic heterocycles. The quantitative estimate of drug-likeness (QED) is 0.0333. The fourth-order valence-electron chi connectivity index (χ4n) is 6.39. The Labute approximate surface area is 426 Å². The summed E-state index contributed by atoms with van der Waals surface area (Å²) < 4.78 is 66.5. The van der Waals surface area contributed by atoms with Crippen LogP contribution in [0.2, 0.25) is 0 Å². The van der Waals surface area contributed by atoms with Crippen molar-refractivity contribution < 1.29 is 96.5 Å². The number of hydrogen-bond donors (Lipinski definition) is 2. The number of hydrogen-bond acceptors (Lipinski definition) is 17. The third kappa shape index (κ3) is 19.8. The van der Waals surface area contributed by atoms with Crippen molar-refractivity contribution in [2.24, 2.45) is 9.98 Å². The van der Waals surface area contributed by atoms with E-state index in [1.54, 1.807) is 56.8 Å². The first-order valence-corrected chi connectivity index (χ1v) is 22.2. The maximum atomic E-state index is 11.2. The Morgan fingerprint density at radius 3 is 1.26 bits per heavy atom. The summed E-state index contributed by atoms with van der Waals surface area (Å²) in [6.07, 6.45) is 4.60. The summed E-state index contributed by atoms with van der Waals surface area (Å²) in [5.41, 5.74) is 4.15. The van der Waals surface area contributed by atoms with Crippen molar-refractivity contribution >= 4 is 23.9 Å². The summed E-state index contributed by atoms with van der Waals surface area (Å²) >= 11 is 0. The number of nitrogens with zero attached hydrogens (tertiary/aromatic N) is 3. The number of aromatic hydroxyl groups is 2. The van der Waals surface area contributed by atoms with Crippen molar-refractivity contribution in [3.05, 3.63) is 102 Å². The SMILES string of the molecule is COCCOCCOCCOCCOc1ccccc1-c1cc(C=Nc2cccnc2/N=C/c2cc(-c3ccccc3OCCOCCOCCOCCOC)cc(OC)c2O)c(O)c(OC)c1.[Cl-].[Mn+2]. The molecule has 19 heteroatoms. The van der Waals surface area contributed by atoms with Crippen LogP contribution in [0.25, 0.3) is 22.3 Å². The van der Waals surface area contributed by atoms with Gasteiger partial charge in [-0.2, -0.15) is 0 Å². The van der Waals surface area contributed by atoms with Gasteiger partial charge in [0.15, 0.2) is 28.8 Å². The smallest absolute Gasteiger partial charge is 1.00 e. The number of halogens is 1. The Morgan fingerprint density at radius 1 is 0.457 bits per heavy atom. The molecule has 0 amide bonds. The predicted molar refractivity (Wildman–Crippen MR) is 259 cm³/mol. The number of benzene rings is 4. The topological polar surface area (TPSA) is 189 Å². The van der Waals surface area contributed by atoms with Crippen molar-refractivity contribution in [1.29, 1.82) is 0 Å². The van der Waals surface area contributed by atoms with Gasteiger partial charge < -0.3 is 79.5 Å². The molecular weight excluding hydrogens is 969 g/mol. The molecule has 1 heterocycles. The number of phenols is 2. The van der Waals surface area contributed by atoms with Crippen molar-refractivity contribution in [3.63, 3.8) is 0 Å². The molecule has 0 bridgehead atoms. The van der Waals surface area contributed by atoms with E-state index in [2.05, 4.69) is 15.0 Å². The van der Waals surface area contributed by atoms with Crippen LogP contribution in [0.3, 0.4) is 0 Å². The molecule has 0 aliphatic rings. The Hall–Kier alpha value is -5.34. The fraction of sp³-hybridized carbons (Fsp3) is 0.392. The number of methoxy groups -OCH3 is 4. The Kier molecular flexibility index (Phi) is 29.4. The third-order valence-electron chi connectivity index (χ3n) is 9.80. The number of aliphatic imine (C=N–C) groups is 2. The van der Waals surface area contributed by atoms with Gasteiger partial charge in [0.1, 0.15) is 30.4 Å². The van der Waals surface area contributed by atoms with Gasteiger partial charge in [-0.05, 0) is 59.7 Å². The van der Waals surface area contributed by atoms with Crippen LogP contribution < -0.4 is 31.4 Å². The molecule has 17 nitrogen and oxygen atoms in total. The molecule has 0 atom stereocenters. The van der Waals surface area contributed by atoms with Crippen LogP contribution in [0.1, 0.15) is 11.1 Å². The molecule has 70 heavy (non-hydrogen) atoms. The first-order valence-electron chi connectivity index (χ1n) is 22.2. The molecule has 0 aliphatic heterocycles. The van der Waals surface area contributed by atoms with E-state index in [0.717, 1.165) is 22.3 Å². The first kappa shape index (κ1) is 59.0. The number of phenolic OH excluding ortho intramolecular Hbond substituents is 2. The average Bonchev–Trinajstić information content (AvgIpc) is 3.37. The summed E-state index contributed by atoms with van der Waals surface area (Å²) in [5, 5.41) is 22.4. The molecule has 0 saturated heterocycles. The first-order chi connectivity index (χ1) is 33.5. The summed E-state index contributed by atoms with van der Waals surface area (Å²) in [7, 11) is 6.23. The Bertz CT molecular complexity index is 2150. The zero-order chi connectivity index (χ0) is 48.0. The molecule has 5 rings (SSSR count). The van der Waals surface area contributed by atoms with Crippen molar-refractivity contribution in [2.45, 2.75) is 0 Å². The van der Waals surface area contributed by atoms with Gasteiger partial charge in [0.2, 0.25) is 0 Å². The molecule has 0 saturated carbocycles. The number of ether oxygens (including phenoxy) is 12. The molecule has 5 aromatic rings. The number of para-hydroxylation sites is 2. The minimum Gasteiger partial charge on any atom is -1.00 e. The molecule has 2 N–H and O–H groups in total. The van der Waals surface area contributed by atoms with E-state index in [4.69, 9.17) is 56.8 Å². The minimum absolute atomic E-state index is 0. The number of pyridine rings is 1. The molecule has 0 aliphatic carbocycles. The molecule has 379 valence electrons. The van der Waals surface area contributed by atoms with Gasteiger partial charge in [-0.1, -0.05) is 36.4 Å². The van der Waals surface area contributed by atoms with E-state index in [1.807, 2.05) is 48.5 Å². The van der Waals surface area contributed by atoms with Gasteiger partial charge >= 0.3 is 17.1 Å². The van der Waals surface area contributed by atoms with Crippen molar-refractivity contribution in [3.8, 4) is 56.8 Å². The van der Waals surface area contributed by atoms with Crippen LogP contribution in [-0.2, 0) is 55.0 Å². The van der Waals surface area contributed by atoms with Gasteiger partial charge in [0, 0.05) is 55.1 Å². The number of rotatable bonds is 34. The maximum Gasteiger partial charge on any atom is 2.00 e. The molecule has 0 unspecified atom stereocenters. The fourth-order valence-corrected chi connectivity index (χ4v) is 6.39. The van der Waals surface area contributed by atoms with Crippen LogP contribution in [0.15, 0.2) is 101 Å². The normalized spacial score (nSPS) is 11.1. The van der Waals surface area contributed by atoms with E-state index >= 15 is 0 Å². The monoisotopic (exact) mass is 1030 g/mol. The van der Waals surface area contributed by atoms with Crippen LogP contribution in [0.4, 0.5) is 11.5 Å². The Balaban J connectivity index is 0.00000648. The van der Waals surface area contributed by atoms with Gasteiger partial charge in [-0.15, -0.1) is 0 Å². The zero-order valence-corrected chi connectivity index (χ0v) is 42.0. The minimum atomic E-state index is -0.108. The van der Waals surface area contributed by atoms with E-state index in [0.29, 0.717) is 134 Å². The summed E-state index contributed by atoms with van der Waals surface area (Å²) in [5.74, 6) is 1.79. The summed E-state index contributed by atoms with van der Waals surface area (Å²) in [4.78, 5) is 13.8. The largest absolute Gasteiger partial charge is 2.00 e. The second-order valence-electron chi connectivity index (χ2n) is 14.4. The standard InChI is InChI=1S/C51H63N3O14.ClH.Mn/c1-57-16-18-61-20-22-63-24-26-65-28-30-67-45-13-7-5-10-42(45)38-32-40(49(55)47(34-38)59-3)36-53-44-12-9-15-52-51(44)54-37-41-33-39(35-48(60-4)50(41)56)43-11-6-8-14-46(43)68-31-29-66-27-25-64-23-21-62-19-17-58-2;;/h5-15,32-37,55-56H,16-31H2,1-4H3;1H;/q;;+2/p-1/b53-36?,54-37+;;. The Morgan fingerprint density at radius 2 is 0.843 bits per heavy atom. The molecule has 0 spiro atoms. The average molecular weight is 1030 g/mol. The van der Waals surface area contributed by atoms with Crippen LogP contribution >= 0.6 is 0 Å². The summed E-state index contributed by atoms with van der Waals surface area (Å²) in [6, 6.07) is 25.7. The number of aromatic nitrogens is 1. The van der Waals surface area contributed by atoms with Crippen LogP contribution in [0, 0.1) is 0 Å². The second-order valence-corrected chi connectivity index (χ2v) is 14.4. The van der Waals surface area contributed by atoms with E-state index in [1.165, 1.54) is 26.6 Å². The van der Waals surface area contributed by atoms with E-state index in [-0.39, 0.29) is 58.3 Å². The third-order valence-corrected chi connectivity index (χ3v) is 9.80. The van der Waals surface area contributed by atoms with Gasteiger partial charge in [0.05, 0.1) is 107 Å². The van der Waals surface area contributed by atoms with Crippen LogP contribution in [0.5, 0.6) is 34.5 Å². The van der Waals surface area contributed by atoms with Crippen molar-refractivity contribution in [1.82, 2.24) is 4.98 Å². The van der Waals surface area contributed by atoms with E-state index < -0.39 is 0 Å². The maximum absolute atomic E-state index is 11.2. The molecular formula is C51H63ClMnN3O14+. The second kappa shape index (κ2) is 34.9. The molecule has 4 aromatic carbocycles. The van der Waals surface area contributed by atoms with Gasteiger partial charge in [-0.3, -0.25) is 4.99 Å². The van der Waals surface area contributed by atoms with Crippen LogP contribution in [-0.4, -0.2) is 162 Å². The van der Waals surface area contributed by atoms with E-state index in [9.17, 15) is 10.2 Å². The zero-order valence-electron chi connectivity index (χ0n) is 40.0. The van der Waals surface area contributed by atoms with Gasteiger partial charge in [0.25, 0.3) is 0 Å². The molecule has 1 radical (unpaired) electrons. The predicted octanol–water partition coefficient (Wildman–Crippen LogP) is 4.50.